The molecule has 0 amide bonds. The van der Waals surface area contributed by atoms with E-state index >= 15 is 0 Å². The Bertz CT molecular complexity index is 350. The van der Waals surface area contributed by atoms with Crippen molar-refractivity contribution >= 4 is 17.6 Å². The van der Waals surface area contributed by atoms with Gasteiger partial charge in [0, 0.05) is 18.3 Å². The third kappa shape index (κ3) is 2.85. The second-order valence-electron chi connectivity index (χ2n) is 2.64. The third-order valence-corrected chi connectivity index (χ3v) is 1.52. The molecule has 0 radical (unpaired) electrons. The van der Waals surface area contributed by atoms with Gasteiger partial charge in [0.15, 0.2) is 0 Å². The molecular weight excluding hydrogens is 182 g/mol. The average molecular weight is 193 g/mol. The van der Waals surface area contributed by atoms with E-state index in [1.807, 2.05) is 6.92 Å². The number of nitro groups is 1. The minimum Gasteiger partial charge on any atom is -0.279 e. The molecule has 0 aromatic heterocycles. The first-order valence-corrected chi connectivity index (χ1v) is 4.26. The number of hydrogen-bond acceptors (Lipinski definition) is 4. The Labute approximate surface area is 81.6 Å². The first-order valence-electron chi connectivity index (χ1n) is 4.26. The number of hydrogen-bond donors (Lipinski definition) is 1. The summed E-state index contributed by atoms with van der Waals surface area (Å²) in [5.74, 6) is 0. The van der Waals surface area contributed by atoms with E-state index in [1.54, 1.807) is 18.3 Å². The zero-order valence-electron chi connectivity index (χ0n) is 7.80. The maximum atomic E-state index is 10.4. The van der Waals surface area contributed by atoms with E-state index in [0.717, 1.165) is 6.42 Å². The number of hydrazone groups is 1. The van der Waals surface area contributed by atoms with Crippen LogP contribution in [0.15, 0.2) is 29.4 Å². The van der Waals surface area contributed by atoms with Crippen molar-refractivity contribution in [3.05, 3.63) is 34.4 Å². The predicted molar refractivity (Wildman–Crippen MR) is 55.5 cm³/mol. The maximum absolute atomic E-state index is 10.4. The van der Waals surface area contributed by atoms with Crippen molar-refractivity contribution in [2.45, 2.75) is 13.3 Å². The molecule has 0 saturated heterocycles. The molecule has 1 aromatic carbocycles. The lowest BCUT2D eigenvalue weighted by atomic mass is 10.3. The summed E-state index contributed by atoms with van der Waals surface area (Å²) >= 11 is 0. The summed E-state index contributed by atoms with van der Waals surface area (Å²) in [5.41, 5.74) is 3.38. The molecule has 1 rings (SSSR count). The molecule has 74 valence electrons. The van der Waals surface area contributed by atoms with Gasteiger partial charge in [-0.2, -0.15) is 5.10 Å². The standard InChI is InChI=1S/C9H11N3O2/c1-2-6-10-11-8-4-3-5-9(7-8)12(13)14/h3-7,11H,2H2,1H3/b10-6+. The van der Waals surface area contributed by atoms with Crippen LogP contribution in [-0.2, 0) is 0 Å². The minimum atomic E-state index is -0.436. The van der Waals surface area contributed by atoms with Crippen molar-refractivity contribution in [3.8, 4) is 0 Å². The van der Waals surface area contributed by atoms with E-state index in [9.17, 15) is 10.1 Å². The van der Waals surface area contributed by atoms with Gasteiger partial charge >= 0.3 is 0 Å². The highest BCUT2D eigenvalue weighted by Gasteiger charge is 2.04. The Morgan fingerprint density at radius 1 is 1.64 bits per heavy atom. The highest BCUT2D eigenvalue weighted by atomic mass is 16.6. The summed E-state index contributed by atoms with van der Waals surface area (Å²) in [6.45, 7) is 1.96. The molecule has 0 aliphatic rings. The van der Waals surface area contributed by atoms with Crippen LogP contribution in [-0.4, -0.2) is 11.1 Å². The molecule has 0 unspecified atom stereocenters. The van der Waals surface area contributed by atoms with Gasteiger partial charge in [0.25, 0.3) is 5.69 Å². The SMILES string of the molecule is CC/C=N/Nc1cccc([N+](=O)[O-])c1. The van der Waals surface area contributed by atoms with E-state index in [1.165, 1.54) is 12.1 Å². The molecule has 0 heterocycles. The topological polar surface area (TPSA) is 67.5 Å². The van der Waals surface area contributed by atoms with Crippen molar-refractivity contribution in [2.24, 2.45) is 5.10 Å². The average Bonchev–Trinajstić information content (AvgIpc) is 2.19. The number of non-ortho nitro benzene ring substituents is 1. The zero-order valence-corrected chi connectivity index (χ0v) is 7.80. The Morgan fingerprint density at radius 3 is 3.07 bits per heavy atom. The van der Waals surface area contributed by atoms with E-state index in [2.05, 4.69) is 10.5 Å². The van der Waals surface area contributed by atoms with Crippen LogP contribution >= 0.6 is 0 Å². The van der Waals surface area contributed by atoms with Crippen molar-refractivity contribution in [1.82, 2.24) is 0 Å². The smallest absolute Gasteiger partial charge is 0.271 e. The monoisotopic (exact) mass is 193 g/mol. The molecule has 0 bridgehead atoms. The van der Waals surface area contributed by atoms with Gasteiger partial charge in [0.05, 0.1) is 10.6 Å². The molecule has 0 aliphatic heterocycles. The summed E-state index contributed by atoms with van der Waals surface area (Å²) < 4.78 is 0. The Kier molecular flexibility index (Phi) is 3.60. The molecule has 5 nitrogen and oxygen atoms in total. The van der Waals surface area contributed by atoms with E-state index in [0.29, 0.717) is 5.69 Å². The van der Waals surface area contributed by atoms with E-state index in [4.69, 9.17) is 0 Å². The quantitative estimate of drug-likeness (QED) is 0.453. The molecule has 1 aromatic rings. The van der Waals surface area contributed by atoms with Crippen LogP contribution in [0.1, 0.15) is 13.3 Å². The maximum Gasteiger partial charge on any atom is 0.271 e. The number of nitrogens with zero attached hydrogens (tertiary/aromatic N) is 2. The van der Waals surface area contributed by atoms with E-state index < -0.39 is 4.92 Å². The highest BCUT2D eigenvalue weighted by molar-refractivity contribution is 5.59. The number of rotatable bonds is 4. The first-order chi connectivity index (χ1) is 6.74. The largest absolute Gasteiger partial charge is 0.279 e. The van der Waals surface area contributed by atoms with Gasteiger partial charge < -0.3 is 0 Å². The summed E-state index contributed by atoms with van der Waals surface area (Å²) in [4.78, 5) is 9.99. The number of nitrogens with one attached hydrogen (secondary N) is 1. The molecule has 0 atom stereocenters. The normalized spacial score (nSPS) is 10.4. The lowest BCUT2D eigenvalue weighted by Crippen LogP contribution is -1.91. The van der Waals surface area contributed by atoms with Crippen molar-refractivity contribution in [3.63, 3.8) is 0 Å². The number of nitro benzene ring substituents is 1. The first kappa shape index (κ1) is 10.2. The molecular formula is C9H11N3O2. The van der Waals surface area contributed by atoms with Crippen molar-refractivity contribution in [2.75, 3.05) is 5.43 Å². The van der Waals surface area contributed by atoms with Crippen LogP contribution in [0.25, 0.3) is 0 Å². The Morgan fingerprint density at radius 2 is 2.43 bits per heavy atom. The fourth-order valence-electron chi connectivity index (χ4n) is 0.900. The highest BCUT2D eigenvalue weighted by Crippen LogP contribution is 2.16. The lowest BCUT2D eigenvalue weighted by molar-refractivity contribution is -0.384. The lowest BCUT2D eigenvalue weighted by Gasteiger charge is -1.98. The summed E-state index contributed by atoms with van der Waals surface area (Å²) in [5, 5.41) is 14.3. The van der Waals surface area contributed by atoms with Crippen LogP contribution in [0.4, 0.5) is 11.4 Å². The fraction of sp³-hybridized carbons (Fsp3) is 0.222. The summed E-state index contributed by atoms with van der Waals surface area (Å²) in [7, 11) is 0. The minimum absolute atomic E-state index is 0.0571. The van der Waals surface area contributed by atoms with Gasteiger partial charge in [-0.15, -0.1) is 0 Å². The van der Waals surface area contributed by atoms with Gasteiger partial charge in [0.2, 0.25) is 0 Å². The van der Waals surface area contributed by atoms with Crippen LogP contribution in [0.3, 0.4) is 0 Å². The fourth-order valence-corrected chi connectivity index (χ4v) is 0.900. The van der Waals surface area contributed by atoms with E-state index in [-0.39, 0.29) is 5.69 Å². The van der Waals surface area contributed by atoms with Crippen LogP contribution in [0.2, 0.25) is 0 Å². The van der Waals surface area contributed by atoms with Gasteiger partial charge in [-0.25, -0.2) is 0 Å². The second kappa shape index (κ2) is 4.96. The van der Waals surface area contributed by atoms with Gasteiger partial charge in [-0.05, 0) is 12.5 Å². The van der Waals surface area contributed by atoms with Crippen LogP contribution in [0.5, 0.6) is 0 Å². The predicted octanol–water partition coefficient (Wildman–Crippen LogP) is 2.40. The Balaban J connectivity index is 2.73. The molecule has 0 spiro atoms. The molecule has 1 N–H and O–H groups in total. The summed E-state index contributed by atoms with van der Waals surface area (Å²) in [6, 6.07) is 6.21. The number of benzene rings is 1. The van der Waals surface area contributed by atoms with Crippen molar-refractivity contribution in [1.29, 1.82) is 0 Å². The van der Waals surface area contributed by atoms with Gasteiger partial charge in [-0.1, -0.05) is 13.0 Å². The van der Waals surface area contributed by atoms with Crippen molar-refractivity contribution < 1.29 is 4.92 Å². The second-order valence-corrected chi connectivity index (χ2v) is 2.64. The number of anilines is 1. The summed E-state index contributed by atoms with van der Waals surface area (Å²) in [6.07, 6.45) is 2.51. The van der Waals surface area contributed by atoms with Crippen LogP contribution < -0.4 is 5.43 Å². The Hall–Kier alpha value is -1.91. The molecule has 14 heavy (non-hydrogen) atoms. The zero-order chi connectivity index (χ0) is 10.4. The van der Waals surface area contributed by atoms with Crippen LogP contribution in [0, 0.1) is 10.1 Å². The molecule has 5 heteroatoms. The molecule has 0 fully saturated rings. The molecule has 0 saturated carbocycles. The molecule has 0 aliphatic carbocycles. The third-order valence-electron chi connectivity index (χ3n) is 1.52. The van der Waals surface area contributed by atoms with Gasteiger partial charge in [-0.3, -0.25) is 15.5 Å². The van der Waals surface area contributed by atoms with Gasteiger partial charge in [0.1, 0.15) is 0 Å².